The van der Waals surface area contributed by atoms with E-state index in [0.29, 0.717) is 6.04 Å². The molecule has 0 amide bonds. The molecular weight excluding hydrogens is 172 g/mol. The summed E-state index contributed by atoms with van der Waals surface area (Å²) in [4.78, 5) is 4.40. The first-order valence-electron chi connectivity index (χ1n) is 5.16. The molecule has 2 rings (SSSR count). The molecule has 2 aromatic rings. The van der Waals surface area contributed by atoms with Crippen LogP contribution in [0.5, 0.6) is 0 Å². The van der Waals surface area contributed by atoms with Crippen molar-refractivity contribution in [3.8, 4) is 0 Å². The number of aromatic nitrogens is 2. The highest BCUT2D eigenvalue weighted by Gasteiger charge is 2.09. The number of pyridine rings is 1. The molecule has 0 radical (unpaired) electrons. The van der Waals surface area contributed by atoms with Gasteiger partial charge in [0.15, 0.2) is 0 Å². The second kappa shape index (κ2) is 3.45. The van der Waals surface area contributed by atoms with E-state index in [4.69, 9.17) is 0 Å². The van der Waals surface area contributed by atoms with Gasteiger partial charge in [-0.15, -0.1) is 0 Å². The van der Waals surface area contributed by atoms with Gasteiger partial charge < -0.3 is 4.57 Å². The number of fused-ring (bicyclic) bond motifs is 1. The lowest BCUT2D eigenvalue weighted by molar-refractivity contribution is 0.547. The van der Waals surface area contributed by atoms with Crippen molar-refractivity contribution in [1.29, 1.82) is 0 Å². The molecule has 2 heteroatoms. The molecule has 0 spiro atoms. The molecule has 0 N–H and O–H groups in total. The summed E-state index contributed by atoms with van der Waals surface area (Å²) in [6.07, 6.45) is 5.21. The minimum absolute atomic E-state index is 0.551. The Kier molecular flexibility index (Phi) is 2.28. The maximum Gasteiger partial charge on any atom is 0.0910 e. The van der Waals surface area contributed by atoms with Crippen molar-refractivity contribution < 1.29 is 0 Å². The van der Waals surface area contributed by atoms with Crippen molar-refractivity contribution in [2.45, 2.75) is 33.2 Å². The van der Waals surface area contributed by atoms with Crippen LogP contribution in [0.1, 0.15) is 31.9 Å². The Labute approximate surface area is 84.6 Å². The van der Waals surface area contributed by atoms with Crippen LogP contribution in [-0.2, 0) is 0 Å². The highest BCUT2D eigenvalue weighted by atomic mass is 15.0. The fourth-order valence-corrected chi connectivity index (χ4v) is 1.81. The second-order valence-corrected chi connectivity index (χ2v) is 3.85. The fraction of sp³-hybridized carbons (Fsp3) is 0.417. The van der Waals surface area contributed by atoms with Crippen LogP contribution in [0.2, 0.25) is 0 Å². The largest absolute Gasteiger partial charge is 0.343 e. The summed E-state index contributed by atoms with van der Waals surface area (Å²) in [7, 11) is 0. The average Bonchev–Trinajstić information content (AvgIpc) is 2.56. The maximum absolute atomic E-state index is 4.40. The summed E-state index contributed by atoms with van der Waals surface area (Å²) in [5.41, 5.74) is 3.65. The third-order valence-electron chi connectivity index (χ3n) is 2.84. The first-order chi connectivity index (χ1) is 6.74. The summed E-state index contributed by atoms with van der Waals surface area (Å²) in [6.45, 7) is 6.57. The zero-order valence-corrected chi connectivity index (χ0v) is 8.99. The standard InChI is InChI=1S/C12H16N2/c1-4-10(3)14-8-9(2)12-11(14)6-5-7-13-12/h5-8,10H,4H2,1-3H3. The third kappa shape index (κ3) is 1.31. The Hall–Kier alpha value is -1.31. The lowest BCUT2D eigenvalue weighted by Gasteiger charge is -2.11. The van der Waals surface area contributed by atoms with Gasteiger partial charge in [0.25, 0.3) is 0 Å². The highest BCUT2D eigenvalue weighted by molar-refractivity contribution is 5.79. The molecule has 1 unspecified atom stereocenters. The van der Waals surface area contributed by atoms with Gasteiger partial charge in [-0.25, -0.2) is 0 Å². The highest BCUT2D eigenvalue weighted by Crippen LogP contribution is 2.23. The van der Waals surface area contributed by atoms with Crippen LogP contribution in [0.15, 0.2) is 24.5 Å². The molecule has 0 aromatic carbocycles. The van der Waals surface area contributed by atoms with Crippen LogP contribution in [0, 0.1) is 6.92 Å². The van der Waals surface area contributed by atoms with Crippen LogP contribution in [0.25, 0.3) is 11.0 Å². The summed E-state index contributed by atoms with van der Waals surface area (Å²) in [5, 5.41) is 0. The molecular formula is C12H16N2. The topological polar surface area (TPSA) is 17.8 Å². The van der Waals surface area contributed by atoms with Crippen molar-refractivity contribution in [3.63, 3.8) is 0 Å². The van der Waals surface area contributed by atoms with Gasteiger partial charge in [0.2, 0.25) is 0 Å². The average molecular weight is 188 g/mol. The van der Waals surface area contributed by atoms with E-state index in [9.17, 15) is 0 Å². The predicted octanol–water partition coefficient (Wildman–Crippen LogP) is 3.32. The van der Waals surface area contributed by atoms with E-state index < -0.39 is 0 Å². The molecule has 0 fully saturated rings. The summed E-state index contributed by atoms with van der Waals surface area (Å²) >= 11 is 0. The Bertz CT molecular complexity index is 443. The van der Waals surface area contributed by atoms with Crippen LogP contribution in [0.3, 0.4) is 0 Å². The predicted molar refractivity (Wildman–Crippen MR) is 59.5 cm³/mol. The first-order valence-corrected chi connectivity index (χ1v) is 5.16. The molecule has 2 aromatic heterocycles. The van der Waals surface area contributed by atoms with Crippen molar-refractivity contribution >= 4 is 11.0 Å². The summed E-state index contributed by atoms with van der Waals surface area (Å²) in [5.74, 6) is 0. The lowest BCUT2D eigenvalue weighted by Crippen LogP contribution is -2.01. The molecule has 0 saturated carbocycles. The monoisotopic (exact) mass is 188 g/mol. The van der Waals surface area contributed by atoms with Crippen molar-refractivity contribution in [2.75, 3.05) is 0 Å². The molecule has 14 heavy (non-hydrogen) atoms. The Balaban J connectivity index is 2.66. The van der Waals surface area contributed by atoms with Gasteiger partial charge in [-0.3, -0.25) is 4.98 Å². The van der Waals surface area contributed by atoms with Gasteiger partial charge in [0.1, 0.15) is 0 Å². The van der Waals surface area contributed by atoms with Crippen LogP contribution >= 0.6 is 0 Å². The minimum atomic E-state index is 0.551. The smallest absolute Gasteiger partial charge is 0.0910 e. The Morgan fingerprint density at radius 2 is 2.29 bits per heavy atom. The molecule has 74 valence electrons. The van der Waals surface area contributed by atoms with Crippen LogP contribution in [0.4, 0.5) is 0 Å². The van der Waals surface area contributed by atoms with Crippen LogP contribution in [-0.4, -0.2) is 9.55 Å². The lowest BCUT2D eigenvalue weighted by atomic mass is 10.2. The van der Waals surface area contributed by atoms with Gasteiger partial charge in [-0.2, -0.15) is 0 Å². The Morgan fingerprint density at radius 3 is 3.00 bits per heavy atom. The number of hydrogen-bond acceptors (Lipinski definition) is 1. The van der Waals surface area contributed by atoms with E-state index >= 15 is 0 Å². The third-order valence-corrected chi connectivity index (χ3v) is 2.84. The van der Waals surface area contributed by atoms with Crippen molar-refractivity contribution in [1.82, 2.24) is 9.55 Å². The van der Waals surface area contributed by atoms with Crippen LogP contribution < -0.4 is 0 Å². The van der Waals surface area contributed by atoms with E-state index in [0.717, 1.165) is 11.9 Å². The summed E-state index contributed by atoms with van der Waals surface area (Å²) < 4.78 is 2.32. The molecule has 1 atom stereocenters. The number of nitrogens with zero attached hydrogens (tertiary/aromatic N) is 2. The maximum atomic E-state index is 4.40. The van der Waals surface area contributed by atoms with E-state index in [2.05, 4.69) is 42.6 Å². The van der Waals surface area contributed by atoms with E-state index in [1.807, 2.05) is 12.3 Å². The summed E-state index contributed by atoms with van der Waals surface area (Å²) in [6, 6.07) is 4.69. The van der Waals surface area contributed by atoms with E-state index in [1.54, 1.807) is 0 Å². The Morgan fingerprint density at radius 1 is 1.50 bits per heavy atom. The molecule has 0 bridgehead atoms. The second-order valence-electron chi connectivity index (χ2n) is 3.85. The SMILES string of the molecule is CCC(C)n1cc(C)c2ncccc21. The van der Waals surface area contributed by atoms with Crippen molar-refractivity contribution in [3.05, 3.63) is 30.1 Å². The molecule has 0 aliphatic heterocycles. The first kappa shape index (κ1) is 9.25. The molecule has 0 aliphatic carbocycles. The molecule has 2 heterocycles. The molecule has 2 nitrogen and oxygen atoms in total. The zero-order valence-electron chi connectivity index (χ0n) is 8.99. The fourth-order valence-electron chi connectivity index (χ4n) is 1.81. The zero-order chi connectivity index (χ0) is 10.1. The van der Waals surface area contributed by atoms with Gasteiger partial charge >= 0.3 is 0 Å². The number of rotatable bonds is 2. The van der Waals surface area contributed by atoms with Crippen molar-refractivity contribution in [2.24, 2.45) is 0 Å². The van der Waals surface area contributed by atoms with Gasteiger partial charge in [-0.1, -0.05) is 6.92 Å². The normalized spacial score (nSPS) is 13.4. The minimum Gasteiger partial charge on any atom is -0.343 e. The quantitative estimate of drug-likeness (QED) is 0.707. The van der Waals surface area contributed by atoms with E-state index in [1.165, 1.54) is 11.1 Å². The molecule has 0 aliphatic rings. The number of aryl methyl sites for hydroxylation is 1. The van der Waals surface area contributed by atoms with Gasteiger partial charge in [-0.05, 0) is 38.0 Å². The van der Waals surface area contributed by atoms with Gasteiger partial charge in [0, 0.05) is 18.4 Å². The van der Waals surface area contributed by atoms with Gasteiger partial charge in [0.05, 0.1) is 11.0 Å². The van der Waals surface area contributed by atoms with E-state index in [-0.39, 0.29) is 0 Å². The number of hydrogen-bond donors (Lipinski definition) is 0. The molecule has 0 saturated heterocycles.